The standard InChI is InChI=1S/C16H17FO4/c1-19-13-4-6-15(12(8-13)9-18)21-10-11-3-5-16(20-2)14(17)7-11/h3-8,18H,9-10H2,1-2H3. The average molecular weight is 292 g/mol. The molecule has 0 amide bonds. The lowest BCUT2D eigenvalue weighted by atomic mass is 10.2. The van der Waals surface area contributed by atoms with Gasteiger partial charge in [-0.15, -0.1) is 0 Å². The molecule has 0 unspecified atom stereocenters. The van der Waals surface area contributed by atoms with Gasteiger partial charge in [-0.2, -0.15) is 0 Å². The molecule has 0 atom stereocenters. The lowest BCUT2D eigenvalue weighted by Gasteiger charge is -2.12. The molecule has 4 nitrogen and oxygen atoms in total. The van der Waals surface area contributed by atoms with Crippen molar-refractivity contribution in [3.05, 3.63) is 53.3 Å². The molecule has 2 rings (SSSR count). The van der Waals surface area contributed by atoms with Gasteiger partial charge < -0.3 is 19.3 Å². The first-order chi connectivity index (χ1) is 10.2. The molecule has 0 aliphatic carbocycles. The van der Waals surface area contributed by atoms with Crippen LogP contribution in [-0.4, -0.2) is 19.3 Å². The Morgan fingerprint density at radius 3 is 2.38 bits per heavy atom. The summed E-state index contributed by atoms with van der Waals surface area (Å²) in [5, 5.41) is 9.34. The second kappa shape index (κ2) is 6.95. The second-order valence-electron chi connectivity index (χ2n) is 4.39. The molecule has 0 heterocycles. The maximum absolute atomic E-state index is 13.6. The van der Waals surface area contributed by atoms with Crippen molar-refractivity contribution >= 4 is 0 Å². The quantitative estimate of drug-likeness (QED) is 0.889. The monoisotopic (exact) mass is 292 g/mol. The first-order valence-electron chi connectivity index (χ1n) is 6.41. The Morgan fingerprint density at radius 1 is 1.00 bits per heavy atom. The maximum atomic E-state index is 13.6. The van der Waals surface area contributed by atoms with E-state index < -0.39 is 5.82 Å². The number of hydrogen-bond acceptors (Lipinski definition) is 4. The van der Waals surface area contributed by atoms with Crippen LogP contribution in [0.1, 0.15) is 11.1 Å². The molecule has 0 radical (unpaired) electrons. The smallest absolute Gasteiger partial charge is 0.165 e. The highest BCUT2D eigenvalue weighted by atomic mass is 19.1. The fourth-order valence-corrected chi connectivity index (χ4v) is 1.91. The third-order valence-corrected chi connectivity index (χ3v) is 3.05. The summed E-state index contributed by atoms with van der Waals surface area (Å²) in [6, 6.07) is 9.79. The van der Waals surface area contributed by atoms with E-state index in [-0.39, 0.29) is 19.0 Å². The molecule has 21 heavy (non-hydrogen) atoms. The number of ether oxygens (including phenoxy) is 3. The minimum atomic E-state index is -0.435. The second-order valence-corrected chi connectivity index (χ2v) is 4.39. The number of aliphatic hydroxyl groups is 1. The van der Waals surface area contributed by atoms with Crippen molar-refractivity contribution in [2.24, 2.45) is 0 Å². The zero-order chi connectivity index (χ0) is 15.2. The zero-order valence-electron chi connectivity index (χ0n) is 11.9. The molecule has 112 valence electrons. The molecule has 1 N–H and O–H groups in total. The SMILES string of the molecule is COc1ccc(OCc2ccc(OC)c(F)c2)c(CO)c1. The van der Waals surface area contributed by atoms with Gasteiger partial charge in [-0.05, 0) is 35.9 Å². The van der Waals surface area contributed by atoms with Crippen LogP contribution in [0.3, 0.4) is 0 Å². The van der Waals surface area contributed by atoms with E-state index in [1.165, 1.54) is 13.2 Å². The average Bonchev–Trinajstić information content (AvgIpc) is 2.52. The Kier molecular flexibility index (Phi) is 5.00. The van der Waals surface area contributed by atoms with E-state index in [4.69, 9.17) is 14.2 Å². The molecule has 0 bridgehead atoms. The number of methoxy groups -OCH3 is 2. The summed E-state index contributed by atoms with van der Waals surface area (Å²) >= 11 is 0. The third-order valence-electron chi connectivity index (χ3n) is 3.05. The molecule has 2 aromatic rings. The van der Waals surface area contributed by atoms with Crippen LogP contribution in [0.2, 0.25) is 0 Å². The molecule has 0 aliphatic heterocycles. The molecule has 0 saturated carbocycles. The van der Waals surface area contributed by atoms with E-state index in [1.54, 1.807) is 37.4 Å². The molecule has 2 aromatic carbocycles. The van der Waals surface area contributed by atoms with Gasteiger partial charge in [0.15, 0.2) is 11.6 Å². The van der Waals surface area contributed by atoms with Gasteiger partial charge in [0.25, 0.3) is 0 Å². The van der Waals surface area contributed by atoms with Crippen molar-refractivity contribution in [1.82, 2.24) is 0 Å². The summed E-state index contributed by atoms with van der Waals surface area (Å²) in [5.41, 5.74) is 1.29. The van der Waals surface area contributed by atoms with Gasteiger partial charge in [0.2, 0.25) is 0 Å². The van der Waals surface area contributed by atoms with E-state index in [0.29, 0.717) is 22.6 Å². The van der Waals surface area contributed by atoms with Crippen molar-refractivity contribution in [3.63, 3.8) is 0 Å². The van der Waals surface area contributed by atoms with Crippen LogP contribution >= 0.6 is 0 Å². The number of rotatable bonds is 6. The minimum Gasteiger partial charge on any atom is -0.497 e. The predicted molar refractivity (Wildman–Crippen MR) is 76.2 cm³/mol. The molecule has 0 spiro atoms. The van der Waals surface area contributed by atoms with E-state index in [2.05, 4.69) is 0 Å². The number of hydrogen-bond donors (Lipinski definition) is 1. The van der Waals surface area contributed by atoms with Crippen LogP contribution in [0, 0.1) is 5.82 Å². The fraction of sp³-hybridized carbons (Fsp3) is 0.250. The number of benzene rings is 2. The molecule has 0 aromatic heterocycles. The van der Waals surface area contributed by atoms with Crippen LogP contribution in [0.4, 0.5) is 4.39 Å². The van der Waals surface area contributed by atoms with Crippen molar-refractivity contribution in [2.45, 2.75) is 13.2 Å². The Balaban J connectivity index is 2.10. The molecule has 0 fully saturated rings. The number of aliphatic hydroxyl groups excluding tert-OH is 1. The fourth-order valence-electron chi connectivity index (χ4n) is 1.91. The van der Waals surface area contributed by atoms with Crippen molar-refractivity contribution in [3.8, 4) is 17.2 Å². The Hall–Kier alpha value is -2.27. The van der Waals surface area contributed by atoms with Gasteiger partial charge in [0.05, 0.1) is 20.8 Å². The molecular formula is C16H17FO4. The van der Waals surface area contributed by atoms with E-state index in [0.717, 1.165) is 0 Å². The largest absolute Gasteiger partial charge is 0.497 e. The highest BCUT2D eigenvalue weighted by molar-refractivity contribution is 5.40. The summed E-state index contributed by atoms with van der Waals surface area (Å²) in [5.74, 6) is 0.936. The van der Waals surface area contributed by atoms with Gasteiger partial charge in [-0.1, -0.05) is 6.07 Å². The van der Waals surface area contributed by atoms with Crippen LogP contribution in [0.25, 0.3) is 0 Å². The summed E-state index contributed by atoms with van der Waals surface area (Å²) in [6.07, 6.45) is 0. The van der Waals surface area contributed by atoms with Crippen LogP contribution in [-0.2, 0) is 13.2 Å². The summed E-state index contributed by atoms with van der Waals surface area (Å²) in [7, 11) is 2.97. The van der Waals surface area contributed by atoms with Gasteiger partial charge in [-0.3, -0.25) is 0 Å². The Labute approximate surface area is 122 Å². The molecule has 5 heteroatoms. The summed E-state index contributed by atoms with van der Waals surface area (Å²) < 4.78 is 29.1. The van der Waals surface area contributed by atoms with Gasteiger partial charge in [0, 0.05) is 5.56 Å². The Morgan fingerprint density at radius 2 is 1.76 bits per heavy atom. The highest BCUT2D eigenvalue weighted by Gasteiger charge is 2.07. The maximum Gasteiger partial charge on any atom is 0.165 e. The lowest BCUT2D eigenvalue weighted by molar-refractivity contribution is 0.257. The normalized spacial score (nSPS) is 10.3. The van der Waals surface area contributed by atoms with Gasteiger partial charge in [0.1, 0.15) is 18.1 Å². The van der Waals surface area contributed by atoms with Crippen LogP contribution in [0.15, 0.2) is 36.4 Å². The molecule has 0 saturated heterocycles. The minimum absolute atomic E-state index is 0.163. The van der Waals surface area contributed by atoms with E-state index in [1.807, 2.05) is 0 Å². The van der Waals surface area contributed by atoms with Crippen molar-refractivity contribution < 1.29 is 23.7 Å². The van der Waals surface area contributed by atoms with Crippen molar-refractivity contribution in [1.29, 1.82) is 0 Å². The van der Waals surface area contributed by atoms with Crippen LogP contribution < -0.4 is 14.2 Å². The van der Waals surface area contributed by atoms with Gasteiger partial charge >= 0.3 is 0 Å². The summed E-state index contributed by atoms with van der Waals surface area (Å²) in [4.78, 5) is 0. The first kappa shape index (κ1) is 15.1. The number of halogens is 1. The zero-order valence-corrected chi connectivity index (χ0v) is 11.9. The van der Waals surface area contributed by atoms with E-state index >= 15 is 0 Å². The van der Waals surface area contributed by atoms with Crippen LogP contribution in [0.5, 0.6) is 17.2 Å². The predicted octanol–water partition coefficient (Wildman–Crippen LogP) is 2.91. The van der Waals surface area contributed by atoms with Gasteiger partial charge in [-0.25, -0.2) is 4.39 Å². The van der Waals surface area contributed by atoms with Crippen molar-refractivity contribution in [2.75, 3.05) is 14.2 Å². The molecule has 0 aliphatic rings. The van der Waals surface area contributed by atoms with E-state index in [9.17, 15) is 9.50 Å². The highest BCUT2D eigenvalue weighted by Crippen LogP contribution is 2.25. The first-order valence-corrected chi connectivity index (χ1v) is 6.41. The summed E-state index contributed by atoms with van der Waals surface area (Å²) in [6.45, 7) is 0.0315. The Bertz CT molecular complexity index is 613. The molecular weight excluding hydrogens is 275 g/mol. The lowest BCUT2D eigenvalue weighted by Crippen LogP contribution is -2.00. The topological polar surface area (TPSA) is 47.9 Å². The third kappa shape index (κ3) is 3.64.